The molecular formula is C15H16FNO. The van der Waals surface area contributed by atoms with Gasteiger partial charge in [0.2, 0.25) is 0 Å². The van der Waals surface area contributed by atoms with Crippen LogP contribution in [0.4, 0.5) is 4.39 Å². The number of rotatable bonds is 4. The maximum absolute atomic E-state index is 13.2. The zero-order valence-electron chi connectivity index (χ0n) is 10.0. The summed E-state index contributed by atoms with van der Waals surface area (Å²) in [6.45, 7) is 0.463. The second-order valence-corrected chi connectivity index (χ2v) is 4.36. The van der Waals surface area contributed by atoms with Crippen molar-refractivity contribution in [1.29, 1.82) is 0 Å². The van der Waals surface area contributed by atoms with E-state index in [0.29, 0.717) is 6.54 Å². The second-order valence-electron chi connectivity index (χ2n) is 4.36. The third-order valence-corrected chi connectivity index (χ3v) is 3.02. The van der Waals surface area contributed by atoms with Gasteiger partial charge in [0, 0.05) is 5.92 Å². The molecule has 1 unspecified atom stereocenters. The monoisotopic (exact) mass is 245 g/mol. The Bertz CT molecular complexity index is 510. The average molecular weight is 245 g/mol. The molecule has 3 heteroatoms. The predicted molar refractivity (Wildman–Crippen MR) is 70.0 cm³/mol. The van der Waals surface area contributed by atoms with Crippen molar-refractivity contribution < 1.29 is 9.50 Å². The van der Waals surface area contributed by atoms with Crippen LogP contribution in [0.3, 0.4) is 0 Å². The molecular weight excluding hydrogens is 229 g/mol. The smallest absolute Gasteiger partial charge is 0.123 e. The first-order valence-corrected chi connectivity index (χ1v) is 5.92. The SMILES string of the molecule is NCC(Cc1ccc(O)cc1)c1cccc(F)c1. The second kappa shape index (κ2) is 5.65. The molecule has 94 valence electrons. The average Bonchev–Trinajstić information content (AvgIpc) is 2.38. The number of hydrogen-bond acceptors (Lipinski definition) is 2. The summed E-state index contributed by atoms with van der Waals surface area (Å²) in [7, 11) is 0. The Hall–Kier alpha value is -1.87. The van der Waals surface area contributed by atoms with Gasteiger partial charge in [-0.05, 0) is 48.4 Å². The maximum atomic E-state index is 13.2. The summed E-state index contributed by atoms with van der Waals surface area (Å²) in [5.41, 5.74) is 7.75. The van der Waals surface area contributed by atoms with Crippen LogP contribution in [0, 0.1) is 5.82 Å². The van der Waals surface area contributed by atoms with Crippen LogP contribution >= 0.6 is 0 Å². The molecule has 0 aliphatic carbocycles. The van der Waals surface area contributed by atoms with Crippen LogP contribution in [-0.2, 0) is 6.42 Å². The number of halogens is 1. The standard InChI is InChI=1S/C15H16FNO/c16-14-3-1-2-12(9-14)13(10-17)8-11-4-6-15(18)7-5-11/h1-7,9,13,18H,8,10,17H2. The minimum absolute atomic E-state index is 0.0882. The van der Waals surface area contributed by atoms with Crippen molar-refractivity contribution in [1.82, 2.24) is 0 Å². The predicted octanol–water partition coefficient (Wildman–Crippen LogP) is 2.82. The normalized spacial score (nSPS) is 12.3. The third kappa shape index (κ3) is 3.08. The van der Waals surface area contributed by atoms with E-state index in [1.54, 1.807) is 18.2 Å². The van der Waals surface area contributed by atoms with Gasteiger partial charge in [0.25, 0.3) is 0 Å². The Morgan fingerprint density at radius 1 is 1.11 bits per heavy atom. The Kier molecular flexibility index (Phi) is 3.95. The lowest BCUT2D eigenvalue weighted by atomic mass is 9.92. The number of benzene rings is 2. The first-order valence-electron chi connectivity index (χ1n) is 5.92. The quantitative estimate of drug-likeness (QED) is 0.870. The zero-order chi connectivity index (χ0) is 13.0. The minimum Gasteiger partial charge on any atom is -0.508 e. The molecule has 2 rings (SSSR count). The van der Waals surface area contributed by atoms with Gasteiger partial charge in [-0.15, -0.1) is 0 Å². The molecule has 2 nitrogen and oxygen atoms in total. The van der Waals surface area contributed by atoms with Crippen LogP contribution in [0.5, 0.6) is 5.75 Å². The van der Waals surface area contributed by atoms with Crippen LogP contribution in [0.1, 0.15) is 17.0 Å². The van der Waals surface area contributed by atoms with Crippen molar-refractivity contribution in [2.24, 2.45) is 5.73 Å². The van der Waals surface area contributed by atoms with Gasteiger partial charge in [-0.1, -0.05) is 24.3 Å². The molecule has 2 aromatic rings. The highest BCUT2D eigenvalue weighted by Gasteiger charge is 2.11. The number of phenols is 1. The summed E-state index contributed by atoms with van der Waals surface area (Å²) in [6.07, 6.45) is 0.736. The van der Waals surface area contributed by atoms with Crippen LogP contribution in [0.2, 0.25) is 0 Å². The third-order valence-electron chi connectivity index (χ3n) is 3.02. The number of hydrogen-bond donors (Lipinski definition) is 2. The molecule has 0 aliphatic rings. The van der Waals surface area contributed by atoms with Gasteiger partial charge in [-0.25, -0.2) is 4.39 Å². The highest BCUT2D eigenvalue weighted by molar-refractivity contribution is 5.29. The zero-order valence-corrected chi connectivity index (χ0v) is 10.0. The molecule has 18 heavy (non-hydrogen) atoms. The van der Waals surface area contributed by atoms with Crippen molar-refractivity contribution >= 4 is 0 Å². The maximum Gasteiger partial charge on any atom is 0.123 e. The summed E-state index contributed by atoms with van der Waals surface area (Å²) < 4.78 is 13.2. The molecule has 3 N–H and O–H groups in total. The van der Waals surface area contributed by atoms with E-state index in [0.717, 1.165) is 17.5 Å². The van der Waals surface area contributed by atoms with E-state index in [1.165, 1.54) is 12.1 Å². The van der Waals surface area contributed by atoms with Crippen LogP contribution in [0.15, 0.2) is 48.5 Å². The molecule has 0 bridgehead atoms. The van der Waals surface area contributed by atoms with E-state index in [2.05, 4.69) is 0 Å². The van der Waals surface area contributed by atoms with E-state index in [1.807, 2.05) is 18.2 Å². The Labute approximate surface area is 106 Å². The molecule has 0 aliphatic heterocycles. The molecule has 0 heterocycles. The van der Waals surface area contributed by atoms with Crippen molar-refractivity contribution in [3.8, 4) is 5.75 Å². The van der Waals surface area contributed by atoms with Gasteiger partial charge in [-0.2, -0.15) is 0 Å². The summed E-state index contributed by atoms with van der Waals surface area (Å²) in [4.78, 5) is 0. The van der Waals surface area contributed by atoms with Gasteiger partial charge in [0.15, 0.2) is 0 Å². The fourth-order valence-electron chi connectivity index (χ4n) is 2.01. The number of aromatic hydroxyl groups is 1. The van der Waals surface area contributed by atoms with Gasteiger partial charge >= 0.3 is 0 Å². The topological polar surface area (TPSA) is 46.2 Å². The van der Waals surface area contributed by atoms with Gasteiger partial charge in [-0.3, -0.25) is 0 Å². The first-order chi connectivity index (χ1) is 8.69. The van der Waals surface area contributed by atoms with Crippen molar-refractivity contribution in [2.45, 2.75) is 12.3 Å². The van der Waals surface area contributed by atoms with Crippen LogP contribution in [0.25, 0.3) is 0 Å². The summed E-state index contributed by atoms with van der Waals surface area (Å²) in [5, 5.41) is 9.23. The van der Waals surface area contributed by atoms with Gasteiger partial charge in [0.05, 0.1) is 0 Å². The largest absolute Gasteiger partial charge is 0.508 e. The van der Waals surface area contributed by atoms with E-state index in [9.17, 15) is 9.50 Å². The number of phenolic OH excluding ortho intramolecular Hbond substituents is 1. The van der Waals surface area contributed by atoms with Crippen molar-refractivity contribution in [2.75, 3.05) is 6.54 Å². The number of nitrogens with two attached hydrogens (primary N) is 1. The van der Waals surface area contributed by atoms with Crippen LogP contribution in [-0.4, -0.2) is 11.7 Å². The molecule has 1 atom stereocenters. The Balaban J connectivity index is 2.17. The van der Waals surface area contributed by atoms with E-state index in [-0.39, 0.29) is 17.5 Å². The molecule has 0 radical (unpaired) electrons. The summed E-state index contributed by atoms with van der Waals surface area (Å²) in [6, 6.07) is 13.6. The lowest BCUT2D eigenvalue weighted by Crippen LogP contribution is -2.15. The summed E-state index contributed by atoms with van der Waals surface area (Å²) in [5.74, 6) is 0.0932. The van der Waals surface area contributed by atoms with E-state index >= 15 is 0 Å². The first kappa shape index (κ1) is 12.6. The molecule has 0 fully saturated rings. The van der Waals surface area contributed by atoms with Gasteiger partial charge < -0.3 is 10.8 Å². The van der Waals surface area contributed by atoms with Crippen LogP contribution < -0.4 is 5.73 Å². The minimum atomic E-state index is -0.239. The molecule has 0 amide bonds. The fourth-order valence-corrected chi connectivity index (χ4v) is 2.01. The molecule has 0 saturated carbocycles. The molecule has 0 spiro atoms. The highest BCUT2D eigenvalue weighted by Crippen LogP contribution is 2.21. The molecule has 0 aromatic heterocycles. The van der Waals surface area contributed by atoms with Crippen molar-refractivity contribution in [3.05, 3.63) is 65.5 Å². The molecule has 2 aromatic carbocycles. The van der Waals surface area contributed by atoms with E-state index < -0.39 is 0 Å². The molecule has 0 saturated heterocycles. The Morgan fingerprint density at radius 3 is 2.44 bits per heavy atom. The van der Waals surface area contributed by atoms with Gasteiger partial charge in [0.1, 0.15) is 11.6 Å². The lowest BCUT2D eigenvalue weighted by Gasteiger charge is -2.15. The fraction of sp³-hybridized carbons (Fsp3) is 0.200. The highest BCUT2D eigenvalue weighted by atomic mass is 19.1. The van der Waals surface area contributed by atoms with E-state index in [4.69, 9.17) is 5.73 Å². The lowest BCUT2D eigenvalue weighted by molar-refractivity contribution is 0.475. The van der Waals surface area contributed by atoms with Crippen molar-refractivity contribution in [3.63, 3.8) is 0 Å². The Morgan fingerprint density at radius 2 is 1.83 bits per heavy atom. The summed E-state index contributed by atoms with van der Waals surface area (Å²) >= 11 is 0.